The Morgan fingerprint density at radius 3 is 2.33 bits per heavy atom. The molecule has 0 radical (unpaired) electrons. The van der Waals surface area contributed by atoms with Crippen LogP contribution in [0.1, 0.15) is 49.5 Å². The highest BCUT2D eigenvalue weighted by atomic mass is 16.1. The van der Waals surface area contributed by atoms with Gasteiger partial charge in [-0.1, -0.05) is 42.8 Å². The van der Waals surface area contributed by atoms with Crippen molar-refractivity contribution in [2.75, 3.05) is 0 Å². The van der Waals surface area contributed by atoms with Crippen molar-refractivity contribution in [2.45, 2.75) is 33.6 Å². The summed E-state index contributed by atoms with van der Waals surface area (Å²) in [7, 11) is 0. The molecule has 0 aliphatic heterocycles. The van der Waals surface area contributed by atoms with Crippen LogP contribution in [0.3, 0.4) is 0 Å². The maximum atomic E-state index is 12.4. The highest BCUT2D eigenvalue weighted by molar-refractivity contribution is 6.05. The predicted octanol–water partition coefficient (Wildman–Crippen LogP) is 5.56. The average molecular weight is 276 g/mol. The van der Waals surface area contributed by atoms with Gasteiger partial charge in [0.15, 0.2) is 5.78 Å². The number of hydrogen-bond donors (Lipinski definition) is 0. The normalized spacial score (nSPS) is 14.7. The molecule has 2 aromatic carbocycles. The van der Waals surface area contributed by atoms with Gasteiger partial charge in [0.1, 0.15) is 0 Å². The number of rotatable bonds is 3. The van der Waals surface area contributed by atoms with E-state index in [0.717, 1.165) is 22.9 Å². The van der Waals surface area contributed by atoms with Crippen LogP contribution in [0.5, 0.6) is 0 Å². The van der Waals surface area contributed by atoms with Gasteiger partial charge in [-0.2, -0.15) is 0 Å². The maximum absolute atomic E-state index is 12.4. The Kier molecular flexibility index (Phi) is 3.50. The second-order valence-corrected chi connectivity index (χ2v) is 5.85. The highest BCUT2D eigenvalue weighted by Crippen LogP contribution is 2.36. The van der Waals surface area contributed by atoms with Crippen LogP contribution in [0.2, 0.25) is 0 Å². The molecule has 0 amide bonds. The minimum absolute atomic E-state index is 0.223. The standard InChI is InChI=1S/C20H20O/c1-4-20(21)19-12-16-8-6-5-7-15(16)11-18(19)17-10-13(2)9-14(17)3/h5-9,11-12H,4,10H2,1-3H3. The van der Waals surface area contributed by atoms with Crippen LogP contribution in [0, 0.1) is 0 Å². The lowest BCUT2D eigenvalue weighted by molar-refractivity contribution is 0.0988. The van der Waals surface area contributed by atoms with Crippen LogP contribution in [0.25, 0.3) is 16.3 Å². The van der Waals surface area contributed by atoms with Crippen LogP contribution in [0.15, 0.2) is 53.6 Å². The topological polar surface area (TPSA) is 17.1 Å². The largest absolute Gasteiger partial charge is 0.294 e. The van der Waals surface area contributed by atoms with Crippen LogP contribution in [-0.4, -0.2) is 5.78 Å². The first kappa shape index (κ1) is 13.8. The van der Waals surface area contributed by atoms with E-state index < -0.39 is 0 Å². The summed E-state index contributed by atoms with van der Waals surface area (Å²) in [5.74, 6) is 0.223. The molecule has 106 valence electrons. The Labute approximate surface area is 126 Å². The molecule has 1 aliphatic rings. The molecule has 0 N–H and O–H groups in total. The van der Waals surface area contributed by atoms with E-state index in [0.29, 0.717) is 6.42 Å². The summed E-state index contributed by atoms with van der Waals surface area (Å²) >= 11 is 0. The van der Waals surface area contributed by atoms with Crippen molar-refractivity contribution in [2.24, 2.45) is 0 Å². The summed E-state index contributed by atoms with van der Waals surface area (Å²) in [5, 5.41) is 2.34. The number of carbonyl (C=O) groups is 1. The van der Waals surface area contributed by atoms with Gasteiger partial charge in [0.2, 0.25) is 0 Å². The first-order chi connectivity index (χ1) is 10.1. The fraction of sp³-hybridized carbons (Fsp3) is 0.250. The van der Waals surface area contributed by atoms with Gasteiger partial charge in [-0.3, -0.25) is 4.79 Å². The first-order valence-electron chi connectivity index (χ1n) is 7.53. The van der Waals surface area contributed by atoms with Gasteiger partial charge < -0.3 is 0 Å². The number of ketones is 1. The van der Waals surface area contributed by atoms with Gasteiger partial charge >= 0.3 is 0 Å². The van der Waals surface area contributed by atoms with E-state index in [-0.39, 0.29) is 5.78 Å². The second-order valence-electron chi connectivity index (χ2n) is 5.85. The first-order valence-corrected chi connectivity index (χ1v) is 7.53. The van der Waals surface area contributed by atoms with Crippen molar-refractivity contribution >= 4 is 22.1 Å². The molecule has 0 spiro atoms. The Bertz CT molecular complexity index is 791. The van der Waals surface area contributed by atoms with Crippen molar-refractivity contribution in [3.05, 3.63) is 64.7 Å². The fourth-order valence-corrected chi connectivity index (χ4v) is 3.14. The van der Waals surface area contributed by atoms with E-state index in [9.17, 15) is 4.79 Å². The van der Waals surface area contributed by atoms with E-state index in [2.05, 4.69) is 44.2 Å². The van der Waals surface area contributed by atoms with E-state index in [1.807, 2.05) is 19.1 Å². The van der Waals surface area contributed by atoms with Crippen molar-refractivity contribution in [3.8, 4) is 0 Å². The van der Waals surface area contributed by atoms with Gasteiger partial charge in [-0.25, -0.2) is 0 Å². The Balaban J connectivity index is 2.25. The monoisotopic (exact) mass is 276 g/mol. The SMILES string of the molecule is CCC(=O)c1cc2ccccc2cc1C1=C(C)C=C(C)C1. The molecule has 0 heterocycles. The Hall–Kier alpha value is -2.15. The summed E-state index contributed by atoms with van der Waals surface area (Å²) in [6.07, 6.45) is 3.73. The van der Waals surface area contributed by atoms with E-state index in [4.69, 9.17) is 0 Å². The zero-order chi connectivity index (χ0) is 15.0. The smallest absolute Gasteiger partial charge is 0.163 e. The third-order valence-electron chi connectivity index (χ3n) is 4.23. The third-order valence-corrected chi connectivity index (χ3v) is 4.23. The molecule has 2 aromatic rings. The second kappa shape index (κ2) is 5.33. The predicted molar refractivity (Wildman–Crippen MR) is 89.5 cm³/mol. The van der Waals surface area contributed by atoms with Gasteiger partial charge in [-0.05, 0) is 59.9 Å². The molecule has 1 heteroatoms. The molecule has 0 atom stereocenters. The molecule has 1 nitrogen and oxygen atoms in total. The summed E-state index contributed by atoms with van der Waals surface area (Å²) < 4.78 is 0. The van der Waals surface area contributed by atoms with Gasteiger partial charge in [0.05, 0.1) is 0 Å². The lowest BCUT2D eigenvalue weighted by atomic mass is 9.90. The zero-order valence-corrected chi connectivity index (χ0v) is 12.9. The fourth-order valence-electron chi connectivity index (χ4n) is 3.14. The molecule has 1 aliphatic carbocycles. The maximum Gasteiger partial charge on any atom is 0.163 e. The highest BCUT2D eigenvalue weighted by Gasteiger charge is 2.19. The van der Waals surface area contributed by atoms with E-state index in [1.165, 1.54) is 22.1 Å². The third kappa shape index (κ3) is 2.44. The summed E-state index contributed by atoms with van der Waals surface area (Å²) in [6.45, 7) is 6.22. The van der Waals surface area contributed by atoms with E-state index >= 15 is 0 Å². The number of benzene rings is 2. The van der Waals surface area contributed by atoms with E-state index in [1.54, 1.807) is 0 Å². The van der Waals surface area contributed by atoms with Crippen LogP contribution >= 0.6 is 0 Å². The number of allylic oxidation sites excluding steroid dienone is 4. The van der Waals surface area contributed by atoms with Crippen LogP contribution < -0.4 is 0 Å². The van der Waals surface area contributed by atoms with Crippen molar-refractivity contribution in [1.82, 2.24) is 0 Å². The Morgan fingerprint density at radius 2 is 1.76 bits per heavy atom. The summed E-state index contributed by atoms with van der Waals surface area (Å²) in [4.78, 5) is 12.4. The molecule has 0 unspecified atom stereocenters. The van der Waals surface area contributed by atoms with Crippen LogP contribution in [-0.2, 0) is 0 Å². The lowest BCUT2D eigenvalue weighted by Crippen LogP contribution is -2.02. The van der Waals surface area contributed by atoms with Gasteiger partial charge in [-0.15, -0.1) is 0 Å². The summed E-state index contributed by atoms with van der Waals surface area (Å²) in [5.41, 5.74) is 5.94. The molecular formula is C20H20O. The molecule has 0 aromatic heterocycles. The number of hydrogen-bond acceptors (Lipinski definition) is 1. The van der Waals surface area contributed by atoms with Crippen molar-refractivity contribution in [3.63, 3.8) is 0 Å². The molecule has 0 bridgehead atoms. The molecule has 0 saturated heterocycles. The Morgan fingerprint density at radius 1 is 1.10 bits per heavy atom. The molecular weight excluding hydrogens is 256 g/mol. The van der Waals surface area contributed by atoms with Gasteiger partial charge in [0.25, 0.3) is 0 Å². The summed E-state index contributed by atoms with van der Waals surface area (Å²) in [6, 6.07) is 12.5. The van der Waals surface area contributed by atoms with Crippen molar-refractivity contribution in [1.29, 1.82) is 0 Å². The lowest BCUT2D eigenvalue weighted by Gasteiger charge is -2.13. The number of Topliss-reactive ketones (excluding diaryl/α,β-unsaturated/α-hetero) is 1. The molecule has 3 rings (SSSR count). The minimum Gasteiger partial charge on any atom is -0.294 e. The van der Waals surface area contributed by atoms with Gasteiger partial charge in [0, 0.05) is 12.0 Å². The molecule has 0 saturated carbocycles. The van der Waals surface area contributed by atoms with Crippen LogP contribution in [0.4, 0.5) is 0 Å². The minimum atomic E-state index is 0.223. The van der Waals surface area contributed by atoms with Crippen molar-refractivity contribution < 1.29 is 4.79 Å². The quantitative estimate of drug-likeness (QED) is 0.671. The average Bonchev–Trinajstić information content (AvgIpc) is 2.83. The number of fused-ring (bicyclic) bond motifs is 1. The zero-order valence-electron chi connectivity index (χ0n) is 12.9. The number of carbonyl (C=O) groups excluding carboxylic acids is 1. The molecule has 0 fully saturated rings. The molecule has 21 heavy (non-hydrogen) atoms.